The molecule has 1 fully saturated rings. The highest BCUT2D eigenvalue weighted by Crippen LogP contribution is 2.32. The molecule has 4 rings (SSSR count). The van der Waals surface area contributed by atoms with Crippen molar-refractivity contribution in [1.82, 2.24) is 4.31 Å². The molecule has 0 spiro atoms. The van der Waals surface area contributed by atoms with E-state index >= 15 is 0 Å². The van der Waals surface area contributed by atoms with Gasteiger partial charge in [0.05, 0.1) is 16.3 Å². The van der Waals surface area contributed by atoms with Crippen molar-refractivity contribution in [3.05, 3.63) is 99.3 Å². The van der Waals surface area contributed by atoms with Crippen LogP contribution in [-0.2, 0) is 22.3 Å². The van der Waals surface area contributed by atoms with E-state index < -0.39 is 15.8 Å². The number of hydrogen-bond donors (Lipinski definition) is 0. The minimum atomic E-state index is -3.52. The van der Waals surface area contributed by atoms with Gasteiger partial charge in [-0.1, -0.05) is 53.5 Å². The van der Waals surface area contributed by atoms with E-state index in [4.69, 9.17) is 23.2 Å². The minimum Gasteiger partial charge on any atom is -0.363 e. The summed E-state index contributed by atoms with van der Waals surface area (Å²) in [5.74, 6) is -0.477. The van der Waals surface area contributed by atoms with Crippen LogP contribution in [0.4, 0.5) is 10.1 Å². The summed E-state index contributed by atoms with van der Waals surface area (Å²) in [6, 6.07) is 20.1. The SMILES string of the molecule is N#Cc1ccc(N(Cc2cc(F)ccc2Cl)[C@H]2CCN(S(=O)(=O)Cc3ccccc3)C2)cc1Cl. The molecule has 0 saturated carbocycles. The van der Waals surface area contributed by atoms with Gasteiger partial charge in [-0.05, 0) is 53.9 Å². The van der Waals surface area contributed by atoms with Crippen LogP contribution in [0, 0.1) is 17.1 Å². The molecule has 1 saturated heterocycles. The molecule has 3 aromatic carbocycles. The number of nitriles is 1. The Hall–Kier alpha value is -2.63. The highest BCUT2D eigenvalue weighted by Gasteiger charge is 2.35. The van der Waals surface area contributed by atoms with E-state index in [2.05, 4.69) is 0 Å². The van der Waals surface area contributed by atoms with Crippen LogP contribution >= 0.6 is 23.2 Å². The van der Waals surface area contributed by atoms with E-state index in [1.807, 2.05) is 29.2 Å². The molecule has 0 aromatic heterocycles. The van der Waals surface area contributed by atoms with Crippen molar-refractivity contribution >= 4 is 38.9 Å². The Kier molecular flexibility index (Phi) is 7.44. The topological polar surface area (TPSA) is 64.4 Å². The Balaban J connectivity index is 1.62. The van der Waals surface area contributed by atoms with Gasteiger partial charge in [0.1, 0.15) is 11.9 Å². The molecule has 1 aliphatic rings. The summed E-state index contributed by atoms with van der Waals surface area (Å²) < 4.78 is 41.6. The van der Waals surface area contributed by atoms with Crippen molar-refractivity contribution in [3.8, 4) is 6.07 Å². The first kappa shape index (κ1) is 24.5. The van der Waals surface area contributed by atoms with Gasteiger partial charge in [0.25, 0.3) is 0 Å². The first-order valence-corrected chi connectivity index (χ1v) is 13.1. The molecule has 0 N–H and O–H groups in total. The lowest BCUT2D eigenvalue weighted by Gasteiger charge is -2.32. The van der Waals surface area contributed by atoms with Crippen LogP contribution < -0.4 is 4.90 Å². The van der Waals surface area contributed by atoms with Crippen molar-refractivity contribution in [3.63, 3.8) is 0 Å². The first-order valence-electron chi connectivity index (χ1n) is 10.7. The van der Waals surface area contributed by atoms with Crippen LogP contribution in [0.25, 0.3) is 0 Å². The molecule has 176 valence electrons. The molecule has 9 heteroatoms. The predicted molar refractivity (Wildman–Crippen MR) is 133 cm³/mol. The largest absolute Gasteiger partial charge is 0.363 e. The van der Waals surface area contributed by atoms with Crippen LogP contribution in [0.5, 0.6) is 0 Å². The highest BCUT2D eigenvalue weighted by atomic mass is 35.5. The maximum atomic E-state index is 13.9. The molecule has 1 heterocycles. The second-order valence-corrected chi connectivity index (χ2v) is 11.0. The number of rotatable bonds is 7. The van der Waals surface area contributed by atoms with Gasteiger partial charge in [-0.2, -0.15) is 9.57 Å². The lowest BCUT2D eigenvalue weighted by Crippen LogP contribution is -2.39. The molecule has 3 aromatic rings. The fourth-order valence-corrected chi connectivity index (χ4v) is 6.12. The lowest BCUT2D eigenvalue weighted by molar-refractivity contribution is 0.467. The Bertz CT molecular complexity index is 1330. The van der Waals surface area contributed by atoms with Crippen molar-refractivity contribution in [2.24, 2.45) is 0 Å². The highest BCUT2D eigenvalue weighted by molar-refractivity contribution is 7.88. The standard InChI is InChI=1S/C25H22Cl2FN3O2S/c26-24-9-7-21(28)12-20(24)15-31(22-8-6-19(14-29)25(27)13-22)23-10-11-30(16-23)34(32,33)17-18-4-2-1-3-5-18/h1-9,12-13,23H,10-11,15-17H2/t23-/m0/s1. The summed E-state index contributed by atoms with van der Waals surface area (Å²) in [6.45, 7) is 0.910. The van der Waals surface area contributed by atoms with Gasteiger partial charge in [-0.25, -0.2) is 12.8 Å². The molecule has 0 amide bonds. The lowest BCUT2D eigenvalue weighted by atomic mass is 10.1. The Morgan fingerprint density at radius 2 is 1.82 bits per heavy atom. The molecule has 34 heavy (non-hydrogen) atoms. The Labute approximate surface area is 209 Å². The monoisotopic (exact) mass is 517 g/mol. The summed E-state index contributed by atoms with van der Waals surface area (Å²) in [7, 11) is -3.52. The molecular weight excluding hydrogens is 496 g/mol. The molecule has 1 aliphatic heterocycles. The first-order chi connectivity index (χ1) is 16.3. The molecular formula is C25H22Cl2FN3O2S. The quantitative estimate of drug-likeness (QED) is 0.408. The van der Waals surface area contributed by atoms with E-state index in [-0.39, 0.29) is 24.9 Å². The molecule has 0 radical (unpaired) electrons. The van der Waals surface area contributed by atoms with Crippen molar-refractivity contribution in [2.45, 2.75) is 24.8 Å². The zero-order valence-corrected chi connectivity index (χ0v) is 20.5. The average Bonchev–Trinajstić information content (AvgIpc) is 3.31. The average molecular weight is 518 g/mol. The number of benzene rings is 3. The maximum absolute atomic E-state index is 13.9. The van der Waals surface area contributed by atoms with Crippen LogP contribution in [0.2, 0.25) is 10.0 Å². The fourth-order valence-electron chi connectivity index (χ4n) is 4.15. The fraction of sp³-hybridized carbons (Fsp3) is 0.240. The van der Waals surface area contributed by atoms with Gasteiger partial charge < -0.3 is 4.90 Å². The van der Waals surface area contributed by atoms with Gasteiger partial charge in [0, 0.05) is 36.4 Å². The van der Waals surface area contributed by atoms with Crippen molar-refractivity contribution < 1.29 is 12.8 Å². The van der Waals surface area contributed by atoms with E-state index in [1.54, 1.807) is 30.3 Å². The second-order valence-electron chi connectivity index (χ2n) is 8.18. The van der Waals surface area contributed by atoms with E-state index in [0.29, 0.717) is 39.8 Å². The smallest absolute Gasteiger partial charge is 0.218 e. The summed E-state index contributed by atoms with van der Waals surface area (Å²) in [5.41, 5.74) is 2.35. The number of sulfonamides is 1. The molecule has 0 bridgehead atoms. The van der Waals surface area contributed by atoms with Crippen molar-refractivity contribution in [1.29, 1.82) is 5.26 Å². The Morgan fingerprint density at radius 3 is 2.53 bits per heavy atom. The summed E-state index contributed by atoms with van der Waals surface area (Å²) >= 11 is 12.6. The number of nitrogens with zero attached hydrogens (tertiary/aromatic N) is 3. The van der Waals surface area contributed by atoms with E-state index in [9.17, 15) is 18.1 Å². The third-order valence-corrected chi connectivity index (χ3v) is 8.40. The molecule has 0 unspecified atom stereocenters. The van der Waals surface area contributed by atoms with Crippen LogP contribution in [0.1, 0.15) is 23.1 Å². The summed E-state index contributed by atoms with van der Waals surface area (Å²) in [4.78, 5) is 1.98. The van der Waals surface area contributed by atoms with Crippen molar-refractivity contribution in [2.75, 3.05) is 18.0 Å². The third kappa shape index (κ3) is 5.53. The Morgan fingerprint density at radius 1 is 1.06 bits per heavy atom. The molecule has 1 atom stereocenters. The number of halogens is 3. The van der Waals surface area contributed by atoms with Crippen LogP contribution in [-0.4, -0.2) is 31.9 Å². The third-order valence-electron chi connectivity index (χ3n) is 5.91. The molecule has 0 aliphatic carbocycles. The van der Waals surface area contributed by atoms with Crippen LogP contribution in [0.15, 0.2) is 66.7 Å². The number of anilines is 1. The zero-order chi connectivity index (χ0) is 24.3. The molecule has 5 nitrogen and oxygen atoms in total. The zero-order valence-electron chi connectivity index (χ0n) is 18.2. The normalized spacial score (nSPS) is 16.4. The van der Waals surface area contributed by atoms with Gasteiger partial charge in [-0.3, -0.25) is 0 Å². The minimum absolute atomic E-state index is 0.0705. The van der Waals surface area contributed by atoms with Gasteiger partial charge in [-0.15, -0.1) is 0 Å². The predicted octanol–water partition coefficient (Wildman–Crippen LogP) is 5.62. The second kappa shape index (κ2) is 10.3. The summed E-state index contributed by atoms with van der Waals surface area (Å²) in [6.07, 6.45) is 0.582. The maximum Gasteiger partial charge on any atom is 0.218 e. The van der Waals surface area contributed by atoms with E-state index in [0.717, 1.165) is 5.56 Å². The van der Waals surface area contributed by atoms with Crippen LogP contribution in [0.3, 0.4) is 0 Å². The summed E-state index contributed by atoms with van der Waals surface area (Å²) in [5, 5.41) is 9.93. The van der Waals surface area contributed by atoms with Gasteiger partial charge >= 0.3 is 0 Å². The van der Waals surface area contributed by atoms with Gasteiger partial charge in [0.2, 0.25) is 10.0 Å². The van der Waals surface area contributed by atoms with E-state index in [1.165, 1.54) is 22.5 Å². The number of hydrogen-bond acceptors (Lipinski definition) is 4. The van der Waals surface area contributed by atoms with Gasteiger partial charge in [0.15, 0.2) is 0 Å².